The van der Waals surface area contributed by atoms with Gasteiger partial charge in [0.25, 0.3) is 0 Å². The fourth-order valence-electron chi connectivity index (χ4n) is 1.78. The lowest BCUT2D eigenvalue weighted by atomic mass is 10.2. The van der Waals surface area contributed by atoms with Crippen LogP contribution >= 0.6 is 23.5 Å². The van der Waals surface area contributed by atoms with E-state index in [9.17, 15) is 0 Å². The van der Waals surface area contributed by atoms with E-state index < -0.39 is 0 Å². The summed E-state index contributed by atoms with van der Waals surface area (Å²) in [6.45, 7) is 6.54. The van der Waals surface area contributed by atoms with E-state index >= 15 is 0 Å². The van der Waals surface area contributed by atoms with Gasteiger partial charge in [0.2, 0.25) is 0 Å². The van der Waals surface area contributed by atoms with Crippen molar-refractivity contribution in [2.24, 2.45) is 0 Å². The molecule has 1 aromatic heterocycles. The summed E-state index contributed by atoms with van der Waals surface area (Å²) in [4.78, 5) is 0. The van der Waals surface area contributed by atoms with E-state index in [0.717, 1.165) is 22.5 Å². The van der Waals surface area contributed by atoms with Crippen LogP contribution in [0.2, 0.25) is 0 Å². The van der Waals surface area contributed by atoms with Gasteiger partial charge in [-0.3, -0.25) is 0 Å². The first-order valence-corrected chi connectivity index (χ1v) is 9.14. The molecule has 1 nitrogen and oxygen atoms in total. The lowest BCUT2D eigenvalue weighted by molar-refractivity contribution is 0.476. The molecule has 0 saturated carbocycles. The summed E-state index contributed by atoms with van der Waals surface area (Å²) in [5.41, 5.74) is 0. The number of hydrogen-bond acceptors (Lipinski definition) is 3. The first-order chi connectivity index (χ1) is 8.76. The Morgan fingerprint density at radius 3 is 2.28 bits per heavy atom. The predicted molar refractivity (Wildman–Crippen MR) is 85.7 cm³/mol. The third kappa shape index (κ3) is 6.79. The molecule has 0 aliphatic carbocycles. The molecule has 0 bridgehead atoms. The number of thioether (sulfide) groups is 2. The molecule has 1 heterocycles. The molecular weight excluding hydrogens is 260 g/mol. The third-order valence-electron chi connectivity index (χ3n) is 2.67. The molecule has 0 amide bonds. The molecule has 1 aromatic rings. The van der Waals surface area contributed by atoms with E-state index in [4.69, 9.17) is 4.42 Å². The fourth-order valence-corrected chi connectivity index (χ4v) is 4.40. The fraction of sp³-hybridized carbons (Fsp3) is 0.733. The normalized spacial score (nSPS) is 11.3. The summed E-state index contributed by atoms with van der Waals surface area (Å²) in [6.07, 6.45) is 6.19. The number of hydrogen-bond donors (Lipinski definition) is 0. The van der Waals surface area contributed by atoms with Crippen molar-refractivity contribution in [3.8, 4) is 0 Å². The Balaban J connectivity index is 2.22. The lowest BCUT2D eigenvalue weighted by Crippen LogP contribution is -2.01. The van der Waals surface area contributed by atoms with Gasteiger partial charge in [-0.1, -0.05) is 13.8 Å². The number of aryl methyl sites for hydroxylation is 2. The second-order valence-corrected chi connectivity index (χ2v) is 7.50. The molecule has 0 radical (unpaired) electrons. The highest BCUT2D eigenvalue weighted by atomic mass is 32.2. The van der Waals surface area contributed by atoms with Gasteiger partial charge in [0.1, 0.15) is 11.5 Å². The van der Waals surface area contributed by atoms with Gasteiger partial charge in [0, 0.05) is 6.42 Å². The molecular formula is C15H26OS2. The maximum absolute atomic E-state index is 5.61. The quantitative estimate of drug-likeness (QED) is 0.525. The molecule has 0 spiro atoms. The molecule has 0 fully saturated rings. The van der Waals surface area contributed by atoms with Crippen molar-refractivity contribution in [2.75, 3.05) is 11.5 Å². The summed E-state index contributed by atoms with van der Waals surface area (Å²) in [5.74, 6) is 4.76. The average molecular weight is 287 g/mol. The zero-order valence-corrected chi connectivity index (χ0v) is 13.5. The van der Waals surface area contributed by atoms with Gasteiger partial charge in [-0.25, -0.2) is 0 Å². The van der Waals surface area contributed by atoms with Crippen LogP contribution in [0.15, 0.2) is 16.5 Å². The zero-order valence-electron chi connectivity index (χ0n) is 11.9. The minimum absolute atomic E-state index is 0.779. The van der Waals surface area contributed by atoms with Crippen LogP contribution in [0.3, 0.4) is 0 Å². The largest absolute Gasteiger partial charge is 0.466 e. The molecule has 0 N–H and O–H groups in total. The smallest absolute Gasteiger partial charge is 0.104 e. The minimum Gasteiger partial charge on any atom is -0.466 e. The second kappa shape index (κ2) is 9.85. The van der Waals surface area contributed by atoms with Crippen LogP contribution in [0.5, 0.6) is 0 Å². The topological polar surface area (TPSA) is 13.1 Å². The summed E-state index contributed by atoms with van der Waals surface area (Å²) in [5, 5.41) is 0. The summed E-state index contributed by atoms with van der Waals surface area (Å²) < 4.78 is 6.39. The Labute approximate surface area is 120 Å². The lowest BCUT2D eigenvalue weighted by Gasteiger charge is -2.15. The first-order valence-electron chi connectivity index (χ1n) is 7.04. The van der Waals surface area contributed by atoms with Crippen molar-refractivity contribution >= 4 is 23.5 Å². The Hall–Kier alpha value is -0.0200. The molecule has 1 rings (SSSR count). The van der Waals surface area contributed by atoms with Gasteiger partial charge < -0.3 is 4.42 Å². The Kier molecular flexibility index (Phi) is 8.78. The van der Waals surface area contributed by atoms with Gasteiger partial charge >= 0.3 is 0 Å². The first kappa shape index (κ1) is 16.0. The summed E-state index contributed by atoms with van der Waals surface area (Å²) in [7, 11) is 0. The van der Waals surface area contributed by atoms with E-state index in [0.29, 0.717) is 0 Å². The molecule has 0 aromatic carbocycles. The van der Waals surface area contributed by atoms with Gasteiger partial charge in [-0.05, 0) is 56.2 Å². The molecule has 18 heavy (non-hydrogen) atoms. The van der Waals surface area contributed by atoms with Crippen LogP contribution in [0.25, 0.3) is 0 Å². The molecule has 0 aliphatic rings. The van der Waals surface area contributed by atoms with Crippen molar-refractivity contribution in [2.45, 2.75) is 57.5 Å². The van der Waals surface area contributed by atoms with Gasteiger partial charge in [-0.2, -0.15) is 0 Å². The Morgan fingerprint density at radius 1 is 1.11 bits per heavy atom. The van der Waals surface area contributed by atoms with Gasteiger partial charge in [0.15, 0.2) is 0 Å². The van der Waals surface area contributed by atoms with E-state index in [1.165, 1.54) is 37.2 Å². The molecule has 0 unspecified atom stereocenters. The van der Waals surface area contributed by atoms with Gasteiger partial charge in [0.05, 0.1) is 4.58 Å². The van der Waals surface area contributed by atoms with Crippen LogP contribution in [-0.4, -0.2) is 16.1 Å². The van der Waals surface area contributed by atoms with Crippen molar-refractivity contribution in [1.29, 1.82) is 0 Å². The van der Waals surface area contributed by atoms with E-state index in [1.54, 1.807) is 0 Å². The Bertz CT molecular complexity index is 301. The third-order valence-corrected chi connectivity index (χ3v) is 5.99. The highest BCUT2D eigenvalue weighted by Gasteiger charge is 2.09. The van der Waals surface area contributed by atoms with Crippen LogP contribution in [0.4, 0.5) is 0 Å². The maximum atomic E-state index is 5.61. The van der Waals surface area contributed by atoms with E-state index in [2.05, 4.69) is 49.5 Å². The monoisotopic (exact) mass is 286 g/mol. The zero-order chi connectivity index (χ0) is 13.2. The SMILES string of the molecule is CCCSC(CCCc1ccc(C)o1)SCCC. The highest BCUT2D eigenvalue weighted by molar-refractivity contribution is 8.17. The Morgan fingerprint density at radius 2 is 1.78 bits per heavy atom. The predicted octanol–water partition coefficient (Wildman–Crippen LogP) is 5.52. The van der Waals surface area contributed by atoms with Crippen molar-refractivity contribution in [3.63, 3.8) is 0 Å². The summed E-state index contributed by atoms with van der Waals surface area (Å²) in [6, 6.07) is 4.17. The van der Waals surface area contributed by atoms with Crippen LogP contribution in [0.1, 0.15) is 51.1 Å². The van der Waals surface area contributed by atoms with Crippen molar-refractivity contribution in [1.82, 2.24) is 0 Å². The molecule has 0 aliphatic heterocycles. The summed E-state index contributed by atoms with van der Waals surface area (Å²) >= 11 is 4.27. The minimum atomic E-state index is 0.779. The van der Waals surface area contributed by atoms with Crippen LogP contribution < -0.4 is 0 Å². The maximum Gasteiger partial charge on any atom is 0.104 e. The molecule has 0 atom stereocenters. The number of rotatable bonds is 10. The van der Waals surface area contributed by atoms with Crippen LogP contribution in [-0.2, 0) is 6.42 Å². The van der Waals surface area contributed by atoms with Gasteiger partial charge in [-0.15, -0.1) is 23.5 Å². The standard InChI is InChI=1S/C15H26OS2/c1-4-11-17-15(18-12-5-2)8-6-7-14-10-9-13(3)16-14/h9-10,15H,4-8,11-12H2,1-3H3. The molecule has 3 heteroatoms. The second-order valence-electron chi connectivity index (χ2n) is 4.58. The van der Waals surface area contributed by atoms with Crippen LogP contribution in [0, 0.1) is 6.92 Å². The average Bonchev–Trinajstić information content (AvgIpc) is 2.78. The number of furan rings is 1. The molecule has 0 saturated heterocycles. The van der Waals surface area contributed by atoms with E-state index in [-0.39, 0.29) is 0 Å². The van der Waals surface area contributed by atoms with Crippen molar-refractivity contribution < 1.29 is 4.42 Å². The highest BCUT2D eigenvalue weighted by Crippen LogP contribution is 2.29. The van der Waals surface area contributed by atoms with Crippen molar-refractivity contribution in [3.05, 3.63) is 23.7 Å². The molecule has 104 valence electrons. The van der Waals surface area contributed by atoms with E-state index in [1.807, 2.05) is 6.92 Å².